The summed E-state index contributed by atoms with van der Waals surface area (Å²) >= 11 is 18.4. The molecule has 206 valence electrons. The van der Waals surface area contributed by atoms with E-state index in [0.717, 1.165) is 11.1 Å². The van der Waals surface area contributed by atoms with Gasteiger partial charge in [0.05, 0.1) is 11.2 Å². The topological polar surface area (TPSA) is 26.3 Å². The van der Waals surface area contributed by atoms with Crippen LogP contribution < -0.4 is 0 Å². The third-order valence-electron chi connectivity index (χ3n) is 3.57. The van der Waals surface area contributed by atoms with Gasteiger partial charge in [-0.3, -0.25) is 4.79 Å². The van der Waals surface area contributed by atoms with E-state index in [0.29, 0.717) is 10.0 Å². The van der Waals surface area contributed by atoms with Gasteiger partial charge in [0.2, 0.25) is 0 Å². The smallest absolute Gasteiger partial charge is 0.253 e. The molecule has 36 heavy (non-hydrogen) atoms. The molecule has 1 aliphatic heterocycles. The van der Waals surface area contributed by atoms with Crippen LogP contribution in [0.25, 0.3) is 0 Å². The fourth-order valence-electron chi connectivity index (χ4n) is 2.64. The molecule has 0 saturated heterocycles. The molecule has 0 amide bonds. The number of hydrogen-bond acceptors (Lipinski definition) is 4. The standard InChI is InChI=1S/C13H14BrClO2.S19/c1-12(2)8-5-7(11(15)16)10(14)6-9(8)13(3,4)17-12;1-3-5-7-9-11-13-15-17-19-18-16-14-12-10-8-6-4-2/h5-6H,1-4H3;. The molecule has 1 aromatic carbocycles. The molecule has 1 aliphatic rings. The molecule has 1 aromatic rings. The zero-order valence-electron chi connectivity index (χ0n) is 18.0. The van der Waals surface area contributed by atoms with E-state index >= 15 is 0 Å². The lowest BCUT2D eigenvalue weighted by Crippen LogP contribution is -2.22. The summed E-state index contributed by atoms with van der Waals surface area (Å²) in [6.07, 6.45) is 0. The highest BCUT2D eigenvalue weighted by Crippen LogP contribution is 2.48. The predicted molar refractivity (Wildman–Crippen MR) is 211 cm³/mol. The Bertz CT molecular complexity index is 1680. The van der Waals surface area contributed by atoms with Crippen LogP contribution >= 0.6 is 27.5 Å². The monoisotopic (exact) mass is 923 g/mol. The summed E-state index contributed by atoms with van der Waals surface area (Å²) in [6, 6.07) is 3.75. The molecule has 1 heterocycles. The quantitative estimate of drug-likeness (QED) is 0.394. The minimum Gasteiger partial charge on any atom is -0.360 e. The number of ether oxygens (including phenoxy) is 1. The van der Waals surface area contributed by atoms with Crippen LogP contribution in [0.3, 0.4) is 0 Å². The van der Waals surface area contributed by atoms with Crippen molar-refractivity contribution in [3.8, 4) is 0 Å². The summed E-state index contributed by atoms with van der Waals surface area (Å²) in [5.74, 6) is 0. The van der Waals surface area contributed by atoms with E-state index in [1.54, 1.807) is 133 Å². The first-order chi connectivity index (χ1) is 17.1. The van der Waals surface area contributed by atoms with E-state index in [4.69, 9.17) is 38.7 Å². The summed E-state index contributed by atoms with van der Waals surface area (Å²) in [6.45, 7) is 8.04. The summed E-state index contributed by atoms with van der Waals surface area (Å²) < 4.78 is 6.73. The van der Waals surface area contributed by atoms with Crippen molar-refractivity contribution in [3.63, 3.8) is 0 Å². The number of halogens is 2. The maximum atomic E-state index is 11.3. The molecule has 0 fully saturated rings. The first-order valence-corrected chi connectivity index (χ1v) is 33.6. The molecule has 0 bridgehead atoms. The Morgan fingerprint density at radius 1 is 0.694 bits per heavy atom. The molecule has 0 aliphatic carbocycles. The Morgan fingerprint density at radius 3 is 1.31 bits per heavy atom. The molecular formula is C13H14BrClO2S19. The van der Waals surface area contributed by atoms with Crippen LogP contribution in [0.5, 0.6) is 0 Å². The van der Waals surface area contributed by atoms with Gasteiger partial charge in [-0.25, -0.2) is 0 Å². The first-order valence-electron chi connectivity index (χ1n) is 8.40. The van der Waals surface area contributed by atoms with E-state index in [1.807, 2.05) is 39.8 Å². The molecule has 0 unspecified atom stereocenters. The highest BCUT2D eigenvalue weighted by atomic mass is 79.9. The fourth-order valence-corrected chi connectivity index (χ4v) is 44.6. The minimum atomic E-state index is -0.458. The number of carbonyl (C=O) groups excluding carboxylic acids is 1. The van der Waals surface area contributed by atoms with Crippen LogP contribution in [0, 0.1) is 0 Å². The third-order valence-corrected chi connectivity index (χ3v) is 40.0. The molecule has 0 atom stereocenters. The number of carbonyl (C=O) groups is 1. The SMILES string of the molecule is CC1(C)OC(C)(C)c2cc(C(=O)Cl)c(Br)cc21.S=S=S=S=S=S=S=S=S=S=S=S=S=S=S=S=S=S=S. The van der Waals surface area contributed by atoms with Crippen molar-refractivity contribution in [2.24, 2.45) is 0 Å². The maximum absolute atomic E-state index is 11.3. The molecule has 0 aromatic heterocycles. The van der Waals surface area contributed by atoms with Gasteiger partial charge >= 0.3 is 0 Å². The largest absolute Gasteiger partial charge is 0.360 e. The van der Waals surface area contributed by atoms with Crippen molar-refractivity contribution in [2.45, 2.75) is 38.9 Å². The normalized spacial score (nSPS) is 13.4. The van der Waals surface area contributed by atoms with Crippen molar-refractivity contribution in [2.75, 3.05) is 0 Å². The van der Waals surface area contributed by atoms with Gasteiger partial charge in [0.15, 0.2) is 0 Å². The van der Waals surface area contributed by atoms with Gasteiger partial charge in [0.25, 0.3) is 5.24 Å². The average molecular weight is 927 g/mol. The Kier molecular flexibility index (Phi) is 22.6. The van der Waals surface area contributed by atoms with E-state index in [2.05, 4.69) is 15.9 Å². The Morgan fingerprint density at radius 2 is 1.00 bits per heavy atom. The van der Waals surface area contributed by atoms with Crippen molar-refractivity contribution < 1.29 is 9.53 Å². The summed E-state index contributed by atoms with van der Waals surface area (Å²) in [5.41, 5.74) is 1.85. The Labute approximate surface area is 282 Å². The molecule has 2 nitrogen and oxygen atoms in total. The van der Waals surface area contributed by atoms with Crippen LogP contribution in [0.1, 0.15) is 49.2 Å². The predicted octanol–water partition coefficient (Wildman–Crippen LogP) is 4.28. The lowest BCUT2D eigenvalue weighted by molar-refractivity contribution is -0.105. The van der Waals surface area contributed by atoms with Gasteiger partial charge in [-0.2, -0.15) is 0 Å². The molecule has 0 radical (unpaired) electrons. The van der Waals surface area contributed by atoms with Crippen LogP contribution in [0.4, 0.5) is 0 Å². The third kappa shape index (κ3) is 15.3. The second-order valence-electron chi connectivity index (χ2n) is 6.43. The second kappa shape index (κ2) is 21.5. The summed E-state index contributed by atoms with van der Waals surface area (Å²) in [5, 5.41) is -0.458. The van der Waals surface area contributed by atoms with Crippen molar-refractivity contribution >= 4 is 206 Å². The molecule has 2 rings (SSSR count). The lowest BCUT2D eigenvalue weighted by atomic mass is 9.89. The summed E-state index contributed by atoms with van der Waals surface area (Å²) in [4.78, 5) is 11.3. The second-order valence-corrected chi connectivity index (χ2v) is 37.7. The molecule has 23 heteroatoms. The first kappa shape index (κ1) is 37.8. The van der Waals surface area contributed by atoms with Gasteiger partial charge in [0, 0.05) is 183 Å². The minimum absolute atomic E-state index is 0.352. The molecule has 0 saturated carbocycles. The maximum Gasteiger partial charge on any atom is 0.253 e. The van der Waals surface area contributed by atoms with Crippen LogP contribution in [0.15, 0.2) is 16.6 Å². The number of rotatable bonds is 1. The van der Waals surface area contributed by atoms with E-state index in [-0.39, 0.29) is 5.60 Å². The zero-order chi connectivity index (χ0) is 27.0. The van der Waals surface area contributed by atoms with Crippen molar-refractivity contribution in [3.05, 3.63) is 33.3 Å². The highest BCUT2D eigenvalue weighted by molar-refractivity contribution is 9.10. The number of hydrogen-bond donors (Lipinski definition) is 0. The van der Waals surface area contributed by atoms with Crippen molar-refractivity contribution in [1.29, 1.82) is 0 Å². The van der Waals surface area contributed by atoms with E-state index in [1.165, 1.54) is 17.8 Å². The van der Waals surface area contributed by atoms with Crippen LogP contribution in [-0.2, 0) is 189 Å². The van der Waals surface area contributed by atoms with Gasteiger partial charge in [-0.1, -0.05) is 0 Å². The van der Waals surface area contributed by atoms with Gasteiger partial charge in [-0.15, -0.1) is 0 Å². The fraction of sp³-hybridized carbons (Fsp3) is 0.462. The number of fused-ring (bicyclic) bond motifs is 1. The van der Waals surface area contributed by atoms with Crippen LogP contribution in [-0.4, -0.2) is 5.24 Å². The van der Waals surface area contributed by atoms with E-state index in [9.17, 15) is 4.79 Å². The van der Waals surface area contributed by atoms with Gasteiger partial charge < -0.3 is 4.74 Å². The average Bonchev–Trinajstić information content (AvgIpc) is 2.99. The molecule has 0 spiro atoms. The van der Waals surface area contributed by atoms with Crippen molar-refractivity contribution in [1.82, 2.24) is 0 Å². The van der Waals surface area contributed by atoms with Gasteiger partial charge in [0.1, 0.15) is 0 Å². The summed E-state index contributed by atoms with van der Waals surface area (Å²) in [7, 11) is 29.0. The highest BCUT2D eigenvalue weighted by Gasteiger charge is 2.43. The lowest BCUT2D eigenvalue weighted by Gasteiger charge is -2.24. The Hall–Kier alpha value is 3.80. The number of benzene rings is 1. The molecule has 0 N–H and O–H groups in total. The van der Waals surface area contributed by atoms with Crippen LogP contribution in [0.2, 0.25) is 0 Å². The van der Waals surface area contributed by atoms with E-state index < -0.39 is 10.8 Å². The zero-order valence-corrected chi connectivity index (χ0v) is 35.8. The molecular weight excluding hydrogens is 913 g/mol. The van der Waals surface area contributed by atoms with Gasteiger partial charge in [-0.05, 0) is 78.5 Å². The Balaban J connectivity index is 0.000000361.